The van der Waals surface area contributed by atoms with E-state index in [1.165, 1.54) is 0 Å². The molecule has 0 unspecified atom stereocenters. The molecule has 0 bridgehead atoms. The highest BCUT2D eigenvalue weighted by Gasteiger charge is 2.10. The fraction of sp³-hybridized carbons (Fsp3) is 0.111. The predicted molar refractivity (Wildman–Crippen MR) is 81.0 cm³/mol. The fourth-order valence-electron chi connectivity index (χ4n) is 2.41. The van der Waals surface area contributed by atoms with Crippen molar-refractivity contribution in [2.45, 2.75) is 13.3 Å². The molecule has 1 aromatic heterocycles. The van der Waals surface area contributed by atoms with Crippen LogP contribution in [0.3, 0.4) is 0 Å². The summed E-state index contributed by atoms with van der Waals surface area (Å²) in [6, 6.07) is 19.7. The van der Waals surface area contributed by atoms with Crippen LogP contribution in [0, 0.1) is 6.92 Å². The van der Waals surface area contributed by atoms with E-state index in [0.717, 1.165) is 22.0 Å². The van der Waals surface area contributed by atoms with Gasteiger partial charge in [0.15, 0.2) is 5.78 Å². The lowest BCUT2D eigenvalue weighted by molar-refractivity contribution is 0.0988. The second-order valence-corrected chi connectivity index (χ2v) is 4.90. The van der Waals surface area contributed by atoms with Crippen LogP contribution in [0.25, 0.3) is 10.8 Å². The molecule has 0 aliphatic heterocycles. The van der Waals surface area contributed by atoms with Gasteiger partial charge in [0.25, 0.3) is 0 Å². The lowest BCUT2D eigenvalue weighted by Gasteiger charge is -2.06. The molecule has 1 heterocycles. The van der Waals surface area contributed by atoms with Crippen molar-refractivity contribution in [1.29, 1.82) is 0 Å². The normalized spacial score (nSPS) is 10.7. The highest BCUT2D eigenvalue weighted by Crippen LogP contribution is 2.19. The average molecular weight is 261 g/mol. The summed E-state index contributed by atoms with van der Waals surface area (Å²) in [5.41, 5.74) is 2.46. The SMILES string of the molecule is Cc1cccc(C(=O)Cc2cccc3ccccc23)n1. The largest absolute Gasteiger partial charge is 0.292 e. The van der Waals surface area contributed by atoms with Crippen LogP contribution in [0.1, 0.15) is 21.7 Å². The van der Waals surface area contributed by atoms with Crippen molar-refractivity contribution in [3.05, 3.63) is 77.6 Å². The molecule has 0 aliphatic rings. The van der Waals surface area contributed by atoms with Gasteiger partial charge in [-0.05, 0) is 35.4 Å². The molecule has 0 amide bonds. The van der Waals surface area contributed by atoms with Crippen LogP contribution in [-0.4, -0.2) is 10.8 Å². The average Bonchev–Trinajstić information content (AvgIpc) is 2.47. The Balaban J connectivity index is 1.95. The van der Waals surface area contributed by atoms with Crippen molar-refractivity contribution in [3.63, 3.8) is 0 Å². The summed E-state index contributed by atoms with van der Waals surface area (Å²) >= 11 is 0. The molecule has 0 spiro atoms. The molecule has 3 rings (SSSR count). The third kappa shape index (κ3) is 2.45. The predicted octanol–water partition coefficient (Wildman–Crippen LogP) is 3.97. The number of rotatable bonds is 3. The zero-order chi connectivity index (χ0) is 13.9. The highest BCUT2D eigenvalue weighted by atomic mass is 16.1. The van der Waals surface area contributed by atoms with E-state index in [1.54, 1.807) is 6.07 Å². The first kappa shape index (κ1) is 12.5. The Morgan fingerprint density at radius 3 is 2.55 bits per heavy atom. The molecule has 0 aliphatic carbocycles. The van der Waals surface area contributed by atoms with E-state index >= 15 is 0 Å². The van der Waals surface area contributed by atoms with Crippen molar-refractivity contribution < 1.29 is 4.79 Å². The summed E-state index contributed by atoms with van der Waals surface area (Å²) in [5.74, 6) is 0.0602. The quantitative estimate of drug-likeness (QED) is 0.668. The molecule has 0 fully saturated rings. The minimum absolute atomic E-state index is 0.0602. The number of nitrogens with zero attached hydrogens (tertiary/aromatic N) is 1. The highest BCUT2D eigenvalue weighted by molar-refractivity contribution is 5.98. The summed E-state index contributed by atoms with van der Waals surface area (Å²) in [6.07, 6.45) is 0.387. The number of benzene rings is 2. The Kier molecular flexibility index (Phi) is 3.30. The van der Waals surface area contributed by atoms with Crippen LogP contribution in [0.15, 0.2) is 60.7 Å². The fourth-order valence-corrected chi connectivity index (χ4v) is 2.41. The monoisotopic (exact) mass is 261 g/mol. The first-order chi connectivity index (χ1) is 9.74. The molecule has 0 N–H and O–H groups in total. The maximum absolute atomic E-state index is 12.3. The van der Waals surface area contributed by atoms with Gasteiger partial charge in [-0.15, -0.1) is 0 Å². The smallest absolute Gasteiger partial charge is 0.185 e. The summed E-state index contributed by atoms with van der Waals surface area (Å²) in [7, 11) is 0. The van der Waals surface area contributed by atoms with Gasteiger partial charge >= 0.3 is 0 Å². The molecule has 3 aromatic rings. The number of carbonyl (C=O) groups excluding carboxylic acids is 1. The number of aryl methyl sites for hydroxylation is 1. The summed E-state index contributed by atoms with van der Waals surface area (Å²) < 4.78 is 0. The van der Waals surface area contributed by atoms with Gasteiger partial charge in [-0.3, -0.25) is 9.78 Å². The Bertz CT molecular complexity index is 772. The first-order valence-electron chi connectivity index (χ1n) is 6.67. The van der Waals surface area contributed by atoms with E-state index in [2.05, 4.69) is 23.2 Å². The molecular formula is C18H15NO. The molecule has 20 heavy (non-hydrogen) atoms. The van der Waals surface area contributed by atoms with Crippen LogP contribution in [0.4, 0.5) is 0 Å². The summed E-state index contributed by atoms with van der Waals surface area (Å²) in [5, 5.41) is 2.30. The van der Waals surface area contributed by atoms with Crippen LogP contribution in [-0.2, 0) is 6.42 Å². The van der Waals surface area contributed by atoms with E-state index in [0.29, 0.717) is 12.1 Å². The van der Waals surface area contributed by atoms with Crippen molar-refractivity contribution in [2.24, 2.45) is 0 Å². The Hall–Kier alpha value is -2.48. The van der Waals surface area contributed by atoms with Gasteiger partial charge in [-0.25, -0.2) is 0 Å². The zero-order valence-electron chi connectivity index (χ0n) is 11.3. The number of fused-ring (bicyclic) bond motifs is 1. The minimum atomic E-state index is 0.0602. The molecule has 98 valence electrons. The lowest BCUT2D eigenvalue weighted by atomic mass is 9.99. The third-order valence-electron chi connectivity index (χ3n) is 3.40. The van der Waals surface area contributed by atoms with Crippen molar-refractivity contribution >= 4 is 16.6 Å². The number of pyridine rings is 1. The molecular weight excluding hydrogens is 246 g/mol. The molecule has 0 atom stereocenters. The Morgan fingerprint density at radius 2 is 1.70 bits per heavy atom. The second-order valence-electron chi connectivity index (χ2n) is 4.90. The maximum atomic E-state index is 12.3. The van der Waals surface area contributed by atoms with Crippen molar-refractivity contribution in [1.82, 2.24) is 4.98 Å². The van der Waals surface area contributed by atoms with Crippen molar-refractivity contribution in [2.75, 3.05) is 0 Å². The molecule has 0 radical (unpaired) electrons. The van der Waals surface area contributed by atoms with Gasteiger partial charge in [0.2, 0.25) is 0 Å². The summed E-state index contributed by atoms with van der Waals surface area (Å²) in [4.78, 5) is 16.6. The number of hydrogen-bond donors (Lipinski definition) is 0. The van der Waals surface area contributed by atoms with Gasteiger partial charge in [0.1, 0.15) is 5.69 Å². The van der Waals surface area contributed by atoms with Gasteiger partial charge in [-0.2, -0.15) is 0 Å². The molecule has 2 nitrogen and oxygen atoms in total. The van der Waals surface area contributed by atoms with Crippen LogP contribution < -0.4 is 0 Å². The summed E-state index contributed by atoms with van der Waals surface area (Å²) in [6.45, 7) is 1.90. The molecule has 2 aromatic carbocycles. The topological polar surface area (TPSA) is 30.0 Å². The van der Waals surface area contributed by atoms with Crippen LogP contribution in [0.5, 0.6) is 0 Å². The first-order valence-corrected chi connectivity index (χ1v) is 6.67. The zero-order valence-corrected chi connectivity index (χ0v) is 11.3. The number of ketones is 1. The van der Waals surface area contributed by atoms with E-state index < -0.39 is 0 Å². The Morgan fingerprint density at radius 1 is 0.950 bits per heavy atom. The van der Waals surface area contributed by atoms with Crippen LogP contribution in [0.2, 0.25) is 0 Å². The van der Waals surface area contributed by atoms with E-state index in [4.69, 9.17) is 0 Å². The second kappa shape index (κ2) is 5.25. The number of carbonyl (C=O) groups is 1. The van der Waals surface area contributed by atoms with Gasteiger partial charge in [-0.1, -0.05) is 48.5 Å². The van der Waals surface area contributed by atoms with Gasteiger partial charge in [0, 0.05) is 12.1 Å². The van der Waals surface area contributed by atoms with Crippen LogP contribution >= 0.6 is 0 Å². The van der Waals surface area contributed by atoms with Gasteiger partial charge in [0.05, 0.1) is 0 Å². The van der Waals surface area contributed by atoms with E-state index in [-0.39, 0.29) is 5.78 Å². The number of hydrogen-bond acceptors (Lipinski definition) is 2. The molecule has 2 heteroatoms. The lowest BCUT2D eigenvalue weighted by Crippen LogP contribution is -2.06. The minimum Gasteiger partial charge on any atom is -0.292 e. The number of Topliss-reactive ketones (excluding diaryl/α,β-unsaturated/α-hetero) is 1. The maximum Gasteiger partial charge on any atom is 0.185 e. The van der Waals surface area contributed by atoms with Gasteiger partial charge < -0.3 is 0 Å². The molecule has 0 saturated carbocycles. The van der Waals surface area contributed by atoms with E-state index in [1.807, 2.05) is 43.3 Å². The van der Waals surface area contributed by atoms with E-state index in [9.17, 15) is 4.79 Å². The standard InChI is InChI=1S/C18H15NO/c1-13-6-4-11-17(19-13)18(20)12-15-9-5-8-14-7-2-3-10-16(14)15/h2-11H,12H2,1H3. The molecule has 0 saturated heterocycles. The Labute approximate surface area is 118 Å². The third-order valence-corrected chi connectivity index (χ3v) is 3.40. The van der Waals surface area contributed by atoms with Crippen molar-refractivity contribution in [3.8, 4) is 0 Å². The number of aromatic nitrogens is 1.